The third-order valence-corrected chi connectivity index (χ3v) is 12.9. The van der Waals surface area contributed by atoms with E-state index in [2.05, 4.69) is 46.2 Å². The van der Waals surface area contributed by atoms with Gasteiger partial charge in [0.15, 0.2) is 12.1 Å². The van der Waals surface area contributed by atoms with Crippen molar-refractivity contribution < 1.29 is 44.3 Å². The number of ether oxygens (including phenoxy) is 2. The highest BCUT2D eigenvalue weighted by Crippen LogP contribution is 2.63. The van der Waals surface area contributed by atoms with Crippen LogP contribution in [0.15, 0.2) is 35.5 Å². The third kappa shape index (κ3) is 7.11. The Kier molecular flexibility index (Phi) is 11.6. The van der Waals surface area contributed by atoms with Crippen LogP contribution in [0.4, 0.5) is 0 Å². The van der Waals surface area contributed by atoms with E-state index in [-0.39, 0.29) is 46.9 Å². The highest BCUT2D eigenvalue weighted by atomic mass is 16.7. The molecule has 0 aromatic heterocycles. The van der Waals surface area contributed by atoms with Crippen LogP contribution in [0.2, 0.25) is 0 Å². The van der Waals surface area contributed by atoms with Crippen molar-refractivity contribution in [3.8, 4) is 0 Å². The molecule has 4 aliphatic rings. The van der Waals surface area contributed by atoms with Gasteiger partial charge in [-0.3, -0.25) is 14.4 Å². The Morgan fingerprint density at radius 3 is 2.35 bits per heavy atom. The number of hydrogen-bond acceptors (Lipinski definition) is 8. The lowest BCUT2D eigenvalue weighted by molar-refractivity contribution is -0.302. The van der Waals surface area contributed by atoms with E-state index >= 15 is 0 Å². The molecular weight excluding hydrogens is 614 g/mol. The molecule has 0 spiro atoms. The maximum Gasteiger partial charge on any atom is 0.303 e. The predicted octanol–water partition coefficient (Wildman–Crippen LogP) is 4.86. The van der Waals surface area contributed by atoms with Crippen molar-refractivity contribution in [2.45, 2.75) is 143 Å². The first-order valence-corrected chi connectivity index (χ1v) is 17.6. The van der Waals surface area contributed by atoms with Gasteiger partial charge in [-0.25, -0.2) is 0 Å². The van der Waals surface area contributed by atoms with Gasteiger partial charge in [-0.15, -0.1) is 0 Å². The van der Waals surface area contributed by atoms with Crippen LogP contribution in [0.25, 0.3) is 0 Å². The molecule has 1 heterocycles. The number of aliphatic carboxylic acids is 1. The molecule has 48 heavy (non-hydrogen) atoms. The zero-order valence-corrected chi connectivity index (χ0v) is 30.0. The van der Waals surface area contributed by atoms with Crippen LogP contribution < -0.4 is 5.32 Å². The number of amides is 1. The van der Waals surface area contributed by atoms with Crippen molar-refractivity contribution in [3.05, 3.63) is 35.5 Å². The fraction of sp³-hybridized carbons (Fsp3) is 0.763. The van der Waals surface area contributed by atoms with E-state index in [1.165, 1.54) is 12.5 Å². The molecule has 1 amide bonds. The summed E-state index contributed by atoms with van der Waals surface area (Å²) in [5, 5.41) is 43.4. The lowest BCUT2D eigenvalue weighted by Gasteiger charge is -2.61. The van der Waals surface area contributed by atoms with Crippen molar-refractivity contribution in [1.82, 2.24) is 5.32 Å². The van der Waals surface area contributed by atoms with Crippen LogP contribution in [0.3, 0.4) is 0 Å². The first-order chi connectivity index (χ1) is 22.3. The van der Waals surface area contributed by atoms with Crippen LogP contribution in [0, 0.1) is 34.0 Å². The van der Waals surface area contributed by atoms with Gasteiger partial charge in [0.25, 0.3) is 0 Å². The van der Waals surface area contributed by atoms with Crippen LogP contribution in [0.1, 0.15) is 106 Å². The molecule has 1 aliphatic heterocycles. The monoisotopic (exact) mass is 673 g/mol. The largest absolute Gasteiger partial charge is 0.481 e. The van der Waals surface area contributed by atoms with E-state index in [1.807, 2.05) is 13.8 Å². The fourth-order valence-electron chi connectivity index (χ4n) is 10.2. The summed E-state index contributed by atoms with van der Waals surface area (Å²) >= 11 is 0. The Labute approximate surface area is 286 Å². The Morgan fingerprint density at radius 2 is 1.77 bits per heavy atom. The number of allylic oxidation sites excluding steroid dienone is 4. The molecule has 5 N–H and O–H groups in total. The van der Waals surface area contributed by atoms with E-state index in [0.717, 1.165) is 42.4 Å². The van der Waals surface area contributed by atoms with Crippen molar-refractivity contribution in [2.24, 2.45) is 34.0 Å². The molecular formula is C38H59NO9. The van der Waals surface area contributed by atoms with Gasteiger partial charge in [0, 0.05) is 19.8 Å². The summed E-state index contributed by atoms with van der Waals surface area (Å²) in [7, 11) is 0. The SMILES string of the molecule is C=C1CC[C@H]2C(C)(C)[C@@H](O[C@@H]3O[C@H](CO)[C@@H](O)[C@H](O)[C@H]3NC(C)=O)CC[C@]2(C)[C@H]1CCC1=C(C)C(=O)C[C@@H](C(=C)C)[C@]1(C)CCC(=O)O. The second-order valence-corrected chi connectivity index (χ2v) is 16.2. The molecule has 10 heteroatoms. The number of ketones is 1. The summed E-state index contributed by atoms with van der Waals surface area (Å²) < 4.78 is 12.6. The highest BCUT2D eigenvalue weighted by molar-refractivity contribution is 5.97. The molecule has 0 radical (unpaired) electrons. The molecule has 3 aliphatic carbocycles. The molecule has 0 aromatic carbocycles. The van der Waals surface area contributed by atoms with E-state index in [0.29, 0.717) is 25.7 Å². The molecule has 1 saturated heterocycles. The first kappa shape index (κ1) is 38.4. The topological polar surface area (TPSA) is 163 Å². The fourth-order valence-corrected chi connectivity index (χ4v) is 10.2. The molecule has 10 nitrogen and oxygen atoms in total. The van der Waals surface area contributed by atoms with Gasteiger partial charge in [-0.2, -0.15) is 0 Å². The average molecular weight is 674 g/mol. The summed E-state index contributed by atoms with van der Waals surface area (Å²) in [5.74, 6) is -0.831. The van der Waals surface area contributed by atoms with E-state index < -0.39 is 54.5 Å². The van der Waals surface area contributed by atoms with Gasteiger partial charge in [-0.05, 0) is 98.4 Å². The van der Waals surface area contributed by atoms with E-state index in [1.54, 1.807) is 0 Å². The number of carboxylic acids is 1. The molecule has 270 valence electrons. The highest BCUT2D eigenvalue weighted by Gasteiger charge is 2.58. The standard InChI is InChI=1S/C38H59NO9/c1-20(2)26-18-27(42)22(4)25(37(26,8)17-15-31(43)44)12-11-24-21(3)10-13-29-36(6,7)30(14-16-38(24,29)9)48-35-32(39-23(5)41)34(46)33(45)28(19-40)47-35/h24,26,28-30,32-35,40,45-46H,1,3,10-19H2,2,4-9H3,(H,39,41)(H,43,44)/t24-,26-,28+,29-,30-,32+,33+,34+,35-,37+,38+/m0/s1. The van der Waals surface area contributed by atoms with Gasteiger partial charge >= 0.3 is 5.97 Å². The van der Waals surface area contributed by atoms with Crippen molar-refractivity contribution >= 4 is 17.7 Å². The zero-order valence-electron chi connectivity index (χ0n) is 30.0. The normalized spacial score (nSPS) is 39.9. The minimum atomic E-state index is -1.38. The first-order valence-electron chi connectivity index (χ1n) is 17.6. The number of aliphatic hydroxyl groups excluding tert-OH is 3. The average Bonchev–Trinajstić information content (AvgIpc) is 2.99. The molecule has 2 saturated carbocycles. The molecule has 0 unspecified atom stereocenters. The Bertz CT molecular complexity index is 1320. The number of fused-ring (bicyclic) bond motifs is 1. The van der Waals surface area contributed by atoms with E-state index in [4.69, 9.17) is 9.47 Å². The van der Waals surface area contributed by atoms with Gasteiger partial charge in [0.1, 0.15) is 24.4 Å². The van der Waals surface area contributed by atoms with Gasteiger partial charge in [0.05, 0.1) is 12.7 Å². The summed E-state index contributed by atoms with van der Waals surface area (Å²) in [4.78, 5) is 37.0. The molecule has 11 atom stereocenters. The second kappa shape index (κ2) is 14.5. The van der Waals surface area contributed by atoms with Crippen molar-refractivity contribution in [3.63, 3.8) is 0 Å². The van der Waals surface area contributed by atoms with Gasteiger partial charge in [-0.1, -0.05) is 57.6 Å². The number of carbonyl (C=O) groups is 3. The minimum Gasteiger partial charge on any atom is -0.481 e. The number of aliphatic hydroxyl groups is 3. The van der Waals surface area contributed by atoms with Crippen LogP contribution in [-0.2, 0) is 23.9 Å². The van der Waals surface area contributed by atoms with Crippen LogP contribution >= 0.6 is 0 Å². The predicted molar refractivity (Wildman–Crippen MR) is 182 cm³/mol. The summed E-state index contributed by atoms with van der Waals surface area (Å²) in [5.41, 5.74) is 2.99. The Hall–Kier alpha value is -2.37. The Balaban J connectivity index is 1.59. The van der Waals surface area contributed by atoms with Crippen LogP contribution in [-0.4, -0.2) is 81.4 Å². The van der Waals surface area contributed by atoms with Crippen molar-refractivity contribution in [2.75, 3.05) is 6.61 Å². The Morgan fingerprint density at radius 1 is 1.10 bits per heavy atom. The summed E-state index contributed by atoms with van der Waals surface area (Å²) in [6.07, 6.45) is 0.463. The maximum atomic E-state index is 13.3. The summed E-state index contributed by atoms with van der Waals surface area (Å²) in [6.45, 7) is 22.3. The molecule has 0 bridgehead atoms. The number of carboxylic acid groups (broad SMARTS) is 1. The number of rotatable bonds is 11. The van der Waals surface area contributed by atoms with E-state index in [9.17, 15) is 34.8 Å². The van der Waals surface area contributed by atoms with Crippen molar-refractivity contribution in [1.29, 1.82) is 0 Å². The number of Topliss-reactive ketones (excluding diaryl/α,β-unsaturated/α-hetero) is 1. The smallest absolute Gasteiger partial charge is 0.303 e. The molecule has 3 fully saturated rings. The molecule has 0 aromatic rings. The second-order valence-electron chi connectivity index (χ2n) is 16.2. The lowest BCUT2D eigenvalue weighted by atomic mass is 9.46. The quantitative estimate of drug-likeness (QED) is 0.152. The number of hydrogen-bond donors (Lipinski definition) is 5. The lowest BCUT2D eigenvalue weighted by Crippen LogP contribution is -2.66. The zero-order chi connectivity index (χ0) is 35.9. The van der Waals surface area contributed by atoms with Crippen LogP contribution in [0.5, 0.6) is 0 Å². The minimum absolute atomic E-state index is 0.0271. The third-order valence-electron chi connectivity index (χ3n) is 12.9. The van der Waals surface area contributed by atoms with Gasteiger partial charge < -0.3 is 35.2 Å². The maximum absolute atomic E-state index is 13.3. The summed E-state index contributed by atoms with van der Waals surface area (Å²) in [6, 6.07) is -1.00. The molecule has 4 rings (SSSR count). The number of nitrogens with one attached hydrogen (secondary N) is 1. The van der Waals surface area contributed by atoms with Gasteiger partial charge in [0.2, 0.25) is 5.91 Å². The number of carbonyl (C=O) groups excluding carboxylic acids is 2.